The van der Waals surface area contributed by atoms with E-state index in [9.17, 15) is 5.11 Å². The molecule has 0 atom stereocenters. The Hall–Kier alpha value is -1.51. The molecular formula is C31H41Cl2OTi. The summed E-state index contributed by atoms with van der Waals surface area (Å²) >= 11 is 2.08. The van der Waals surface area contributed by atoms with Gasteiger partial charge in [0.05, 0.1) is 0 Å². The number of benzene rings is 3. The molecule has 0 radical (unpaired) electrons. The normalized spacial score (nSPS) is 10.8. The van der Waals surface area contributed by atoms with E-state index in [4.69, 9.17) is 0 Å². The van der Waals surface area contributed by atoms with Crippen molar-refractivity contribution in [3.63, 3.8) is 0 Å². The minimum absolute atomic E-state index is 0. The van der Waals surface area contributed by atoms with Crippen LogP contribution in [0.2, 0.25) is 0 Å². The largest absolute Gasteiger partial charge is 0.508 e. The molecule has 2 aliphatic rings. The summed E-state index contributed by atoms with van der Waals surface area (Å²) in [6.45, 7) is 19.4. The average Bonchev–Trinajstić information content (AvgIpc) is 3.04. The second-order valence-electron chi connectivity index (χ2n) is 11.1. The first-order valence-electron chi connectivity index (χ1n) is 11.6. The molecule has 0 saturated carbocycles. The third kappa shape index (κ3) is 9.81. The Morgan fingerprint density at radius 3 is 1.91 bits per heavy atom. The van der Waals surface area contributed by atoms with Crippen molar-refractivity contribution >= 4 is 39.4 Å². The van der Waals surface area contributed by atoms with Crippen molar-refractivity contribution in [1.29, 1.82) is 0 Å². The van der Waals surface area contributed by atoms with Crippen molar-refractivity contribution in [2.45, 2.75) is 73.1 Å². The molecule has 189 valence electrons. The summed E-state index contributed by atoms with van der Waals surface area (Å²) < 4.78 is 1.42. The molecule has 0 spiro atoms. The number of aryl methyl sites for hydroxylation is 1. The third-order valence-electron chi connectivity index (χ3n) is 5.39. The van der Waals surface area contributed by atoms with Crippen molar-refractivity contribution in [3.05, 3.63) is 83.4 Å². The molecule has 0 aliphatic heterocycles. The van der Waals surface area contributed by atoms with Gasteiger partial charge in [-0.15, -0.1) is 65.8 Å². The van der Waals surface area contributed by atoms with Crippen LogP contribution in [0.5, 0.6) is 5.75 Å². The molecule has 0 unspecified atom stereocenters. The molecule has 0 heterocycles. The van der Waals surface area contributed by atoms with Gasteiger partial charge >= 0.3 is 37.6 Å². The molecule has 0 aromatic heterocycles. The van der Waals surface area contributed by atoms with Crippen LogP contribution in [0.25, 0.3) is 21.9 Å². The van der Waals surface area contributed by atoms with Crippen LogP contribution in [-0.4, -0.2) is 8.92 Å². The van der Waals surface area contributed by atoms with Gasteiger partial charge in [0.25, 0.3) is 0 Å². The average molecular weight is 548 g/mol. The number of hydrogen-bond acceptors (Lipinski definition) is 1. The Bertz CT molecular complexity index is 1170. The van der Waals surface area contributed by atoms with Crippen LogP contribution >= 0.6 is 24.8 Å². The van der Waals surface area contributed by atoms with Gasteiger partial charge in [-0.25, -0.2) is 0 Å². The van der Waals surface area contributed by atoms with E-state index in [1.165, 1.54) is 36.8 Å². The van der Waals surface area contributed by atoms with Gasteiger partial charge in [0.2, 0.25) is 0 Å². The number of rotatable bonds is 0. The predicted octanol–water partition coefficient (Wildman–Crippen LogP) is 9.55. The molecular weight excluding hydrogens is 507 g/mol. The fraction of sp³-hybridized carbons (Fsp3) is 0.355. The number of aromatic hydroxyl groups is 1. The van der Waals surface area contributed by atoms with E-state index >= 15 is 0 Å². The number of halogens is 2. The second-order valence-corrected chi connectivity index (χ2v) is 12.6. The molecule has 0 amide bonds. The van der Waals surface area contributed by atoms with Gasteiger partial charge in [-0.2, -0.15) is 0 Å². The third-order valence-corrected chi connectivity index (χ3v) is 5.39. The molecule has 4 heteroatoms. The van der Waals surface area contributed by atoms with Crippen molar-refractivity contribution in [2.75, 3.05) is 0 Å². The Balaban J connectivity index is 0.000000569. The zero-order valence-corrected chi connectivity index (χ0v) is 25.8. The first-order valence-corrected chi connectivity index (χ1v) is 12.4. The Morgan fingerprint density at radius 2 is 1.40 bits per heavy atom. The van der Waals surface area contributed by atoms with Crippen LogP contribution in [0, 0.1) is 6.92 Å². The molecule has 4 rings (SSSR count). The molecule has 1 nitrogen and oxygen atoms in total. The van der Waals surface area contributed by atoms with Gasteiger partial charge in [-0.05, 0) is 41.0 Å². The monoisotopic (exact) mass is 547 g/mol. The minimum Gasteiger partial charge on any atom is -0.508 e. The zero-order chi connectivity index (χ0) is 25.0. The Labute approximate surface area is 236 Å². The van der Waals surface area contributed by atoms with E-state index < -0.39 is 0 Å². The molecule has 35 heavy (non-hydrogen) atoms. The number of phenolic OH excluding ortho intramolecular Hbond substituents is 1. The minimum atomic E-state index is 0. The van der Waals surface area contributed by atoms with Gasteiger partial charge in [-0.1, -0.05) is 82.6 Å². The first-order chi connectivity index (χ1) is 15.2. The standard InChI is InChI=1S/C17H17.C11H16O.C3H6.2ClH.Ti/c1-17(2,3)16-10-6-9-14-13-8-5-4-7-12(13)11-15(14)16;1-8-5-9(11(2,3)4)7-10(12)6-8;1-3-2;;;/h4-11H,1-3H3;5-7,12H,1-4H3;1-2H3;2*1H;/q-1;;;;;+1. The van der Waals surface area contributed by atoms with E-state index in [1.807, 2.05) is 13.0 Å². The molecule has 0 fully saturated rings. The molecule has 2 aromatic rings. The van der Waals surface area contributed by atoms with Crippen molar-refractivity contribution in [1.82, 2.24) is 0 Å². The van der Waals surface area contributed by atoms with Crippen molar-refractivity contribution in [2.24, 2.45) is 0 Å². The molecule has 0 saturated heterocycles. The van der Waals surface area contributed by atoms with E-state index in [0.717, 1.165) is 5.56 Å². The molecule has 1 N–H and O–H groups in total. The van der Waals surface area contributed by atoms with E-state index in [1.54, 1.807) is 6.07 Å². The smallest absolute Gasteiger partial charge is 0.116 e. The number of phenols is 1. The van der Waals surface area contributed by atoms with Gasteiger partial charge in [0.15, 0.2) is 0 Å². The van der Waals surface area contributed by atoms with E-state index in [-0.39, 0.29) is 35.6 Å². The number of fused-ring (bicyclic) bond motifs is 3. The van der Waals surface area contributed by atoms with Crippen LogP contribution < -0.4 is 0 Å². The van der Waals surface area contributed by atoms with Gasteiger partial charge in [0, 0.05) is 0 Å². The number of hydrogen-bond donors (Lipinski definition) is 1. The quantitative estimate of drug-likeness (QED) is 0.171. The maximum absolute atomic E-state index is 9.36. The van der Waals surface area contributed by atoms with Crippen LogP contribution in [-0.2, 0) is 30.8 Å². The van der Waals surface area contributed by atoms with Gasteiger partial charge in [0.1, 0.15) is 5.75 Å². The Kier molecular flexibility index (Phi) is 13.1. The maximum atomic E-state index is 9.36. The Morgan fingerprint density at radius 1 is 0.829 bits per heavy atom. The summed E-state index contributed by atoms with van der Waals surface area (Å²) in [5.41, 5.74) is 6.83. The van der Waals surface area contributed by atoms with Crippen LogP contribution in [0.15, 0.2) is 66.7 Å². The summed E-state index contributed by atoms with van der Waals surface area (Å²) in [5, 5.41) is 12.1. The summed E-state index contributed by atoms with van der Waals surface area (Å²) in [5.74, 6) is 0.361. The topological polar surface area (TPSA) is 20.2 Å². The van der Waals surface area contributed by atoms with Crippen LogP contribution in [0.3, 0.4) is 0 Å². The summed E-state index contributed by atoms with van der Waals surface area (Å²) in [4.78, 5) is 0. The molecule has 0 bridgehead atoms. The SMILES string of the molecule is CC(C)(C)[c-]1cccc2c3ccccc3cc1-2.C[C](C)=[Ti+].Cc1cc(O)cc(C(C)(C)C)c1.Cl.Cl. The van der Waals surface area contributed by atoms with Crippen LogP contribution in [0.1, 0.15) is 72.1 Å². The molecule has 2 aromatic carbocycles. The molecule has 2 aliphatic carbocycles. The van der Waals surface area contributed by atoms with Crippen molar-refractivity contribution in [3.8, 4) is 16.9 Å². The van der Waals surface area contributed by atoms with Crippen molar-refractivity contribution < 1.29 is 25.1 Å². The second kappa shape index (κ2) is 13.7. The fourth-order valence-electron chi connectivity index (χ4n) is 3.83. The zero-order valence-electron chi connectivity index (χ0n) is 22.6. The van der Waals surface area contributed by atoms with Crippen LogP contribution in [0.4, 0.5) is 0 Å². The summed E-state index contributed by atoms with van der Waals surface area (Å²) in [6.07, 6.45) is 0. The van der Waals surface area contributed by atoms with Gasteiger partial charge < -0.3 is 5.11 Å². The first kappa shape index (κ1) is 33.5. The van der Waals surface area contributed by atoms with E-state index in [0.29, 0.717) is 5.75 Å². The van der Waals surface area contributed by atoms with E-state index in [2.05, 4.69) is 130 Å². The van der Waals surface area contributed by atoms with Gasteiger partial charge in [-0.3, -0.25) is 0 Å². The summed E-state index contributed by atoms with van der Waals surface area (Å²) in [6, 6.07) is 23.3. The predicted molar refractivity (Wildman–Crippen MR) is 157 cm³/mol. The summed E-state index contributed by atoms with van der Waals surface area (Å²) in [7, 11) is 0. The fourth-order valence-corrected chi connectivity index (χ4v) is 3.83. The maximum Gasteiger partial charge on any atom is 0.116 e.